The molecule has 2 rings (SSSR count). The van der Waals surface area contributed by atoms with E-state index in [9.17, 15) is 4.79 Å². The summed E-state index contributed by atoms with van der Waals surface area (Å²) in [5.41, 5.74) is 3.81. The van der Waals surface area contributed by atoms with Gasteiger partial charge < -0.3 is 10.1 Å². The van der Waals surface area contributed by atoms with Crippen molar-refractivity contribution in [2.45, 2.75) is 33.8 Å². The van der Waals surface area contributed by atoms with Crippen molar-refractivity contribution in [1.29, 1.82) is 0 Å². The van der Waals surface area contributed by atoms with Crippen molar-refractivity contribution in [3.05, 3.63) is 58.1 Å². The fourth-order valence-electron chi connectivity index (χ4n) is 2.23. The molecule has 0 heterocycles. The van der Waals surface area contributed by atoms with Gasteiger partial charge in [-0.1, -0.05) is 29.8 Å². The van der Waals surface area contributed by atoms with Gasteiger partial charge in [0.05, 0.1) is 0 Å². The van der Waals surface area contributed by atoms with Crippen LogP contribution in [-0.2, 0) is 4.79 Å². The van der Waals surface area contributed by atoms with Crippen LogP contribution in [0.5, 0.6) is 5.75 Å². The molecule has 1 amide bonds. The van der Waals surface area contributed by atoms with Crippen molar-refractivity contribution >= 4 is 23.2 Å². The zero-order valence-corrected chi connectivity index (χ0v) is 14.0. The maximum atomic E-state index is 12.3. The van der Waals surface area contributed by atoms with Crippen LogP contribution in [0, 0.1) is 20.8 Å². The molecule has 0 spiro atoms. The average molecular weight is 318 g/mol. The first-order valence-corrected chi connectivity index (χ1v) is 7.56. The molecule has 1 unspecified atom stereocenters. The monoisotopic (exact) mass is 317 g/mol. The number of para-hydroxylation sites is 1. The Balaban J connectivity index is 2.09. The number of carbonyl (C=O) groups excluding carboxylic acids is 1. The van der Waals surface area contributed by atoms with E-state index in [-0.39, 0.29) is 5.91 Å². The van der Waals surface area contributed by atoms with Gasteiger partial charge in [0.2, 0.25) is 0 Å². The lowest BCUT2D eigenvalue weighted by Gasteiger charge is -2.18. The molecule has 1 atom stereocenters. The lowest BCUT2D eigenvalue weighted by atomic mass is 10.1. The highest BCUT2D eigenvalue weighted by Gasteiger charge is 2.17. The van der Waals surface area contributed by atoms with Gasteiger partial charge in [0, 0.05) is 10.7 Å². The van der Waals surface area contributed by atoms with Gasteiger partial charge in [-0.05, 0) is 62.6 Å². The van der Waals surface area contributed by atoms with Crippen LogP contribution in [0.3, 0.4) is 0 Å². The van der Waals surface area contributed by atoms with Crippen LogP contribution in [0.15, 0.2) is 36.4 Å². The van der Waals surface area contributed by atoms with E-state index >= 15 is 0 Å². The van der Waals surface area contributed by atoms with Gasteiger partial charge in [0.1, 0.15) is 5.75 Å². The van der Waals surface area contributed by atoms with Crippen LogP contribution in [0.25, 0.3) is 0 Å². The molecule has 0 aliphatic rings. The van der Waals surface area contributed by atoms with Crippen molar-refractivity contribution < 1.29 is 9.53 Å². The van der Waals surface area contributed by atoms with E-state index in [0.717, 1.165) is 22.4 Å². The van der Waals surface area contributed by atoms with E-state index in [0.29, 0.717) is 10.8 Å². The number of rotatable bonds is 4. The third-order valence-corrected chi connectivity index (χ3v) is 3.77. The Kier molecular flexibility index (Phi) is 5.09. The fraction of sp³-hybridized carbons (Fsp3) is 0.278. The molecule has 0 aromatic heterocycles. The van der Waals surface area contributed by atoms with Gasteiger partial charge in [-0.25, -0.2) is 0 Å². The number of aryl methyl sites for hydroxylation is 3. The van der Waals surface area contributed by atoms with E-state index < -0.39 is 6.10 Å². The van der Waals surface area contributed by atoms with Crippen LogP contribution >= 0.6 is 11.6 Å². The molecule has 0 saturated carbocycles. The predicted octanol–water partition coefficient (Wildman–Crippen LogP) is 4.67. The summed E-state index contributed by atoms with van der Waals surface area (Å²) in [5.74, 6) is 0.486. The third kappa shape index (κ3) is 3.80. The number of carbonyl (C=O) groups is 1. The molecule has 2 aromatic carbocycles. The van der Waals surface area contributed by atoms with E-state index in [4.69, 9.17) is 16.3 Å². The smallest absolute Gasteiger partial charge is 0.265 e. The maximum Gasteiger partial charge on any atom is 0.265 e. The Morgan fingerprint density at radius 2 is 1.73 bits per heavy atom. The molecule has 3 nitrogen and oxygen atoms in total. The van der Waals surface area contributed by atoms with Crippen LogP contribution in [0.4, 0.5) is 5.69 Å². The largest absolute Gasteiger partial charge is 0.481 e. The van der Waals surface area contributed by atoms with Crippen LogP contribution < -0.4 is 10.1 Å². The van der Waals surface area contributed by atoms with Crippen molar-refractivity contribution in [2.24, 2.45) is 0 Å². The quantitative estimate of drug-likeness (QED) is 0.889. The number of nitrogens with one attached hydrogen (secondary N) is 1. The molecular formula is C18H20ClNO2. The zero-order valence-electron chi connectivity index (χ0n) is 13.2. The minimum absolute atomic E-state index is 0.174. The molecule has 0 fully saturated rings. The minimum Gasteiger partial charge on any atom is -0.481 e. The Hall–Kier alpha value is -2.00. The molecule has 22 heavy (non-hydrogen) atoms. The summed E-state index contributed by atoms with van der Waals surface area (Å²) in [6.07, 6.45) is -0.598. The van der Waals surface area contributed by atoms with E-state index in [2.05, 4.69) is 5.32 Å². The number of hydrogen-bond acceptors (Lipinski definition) is 2. The highest BCUT2D eigenvalue weighted by Crippen LogP contribution is 2.24. The number of halogens is 1. The lowest BCUT2D eigenvalue weighted by molar-refractivity contribution is -0.122. The van der Waals surface area contributed by atoms with Gasteiger partial charge in [-0.2, -0.15) is 0 Å². The molecular weight excluding hydrogens is 298 g/mol. The summed E-state index contributed by atoms with van der Waals surface area (Å²) in [5, 5.41) is 3.59. The second kappa shape index (κ2) is 6.84. The molecule has 1 N–H and O–H groups in total. The Labute approximate surface area is 136 Å². The molecule has 0 radical (unpaired) electrons. The summed E-state index contributed by atoms with van der Waals surface area (Å²) in [6.45, 7) is 7.57. The van der Waals surface area contributed by atoms with E-state index in [1.165, 1.54) is 0 Å². The SMILES string of the molecule is Cc1cc(Cl)ccc1OC(C)C(=O)Nc1c(C)cccc1C. The number of ether oxygens (including phenoxy) is 1. The van der Waals surface area contributed by atoms with Gasteiger partial charge in [-0.15, -0.1) is 0 Å². The summed E-state index contributed by atoms with van der Waals surface area (Å²) in [4.78, 5) is 12.3. The number of hydrogen-bond donors (Lipinski definition) is 1. The Bertz CT molecular complexity index is 677. The first-order valence-electron chi connectivity index (χ1n) is 7.18. The average Bonchev–Trinajstić information content (AvgIpc) is 2.45. The van der Waals surface area contributed by atoms with Crippen molar-refractivity contribution in [3.8, 4) is 5.75 Å². The molecule has 0 bridgehead atoms. The van der Waals surface area contributed by atoms with E-state index in [1.807, 2.05) is 45.0 Å². The molecule has 4 heteroatoms. The molecule has 0 saturated heterocycles. The maximum absolute atomic E-state index is 12.3. The van der Waals surface area contributed by atoms with Crippen molar-refractivity contribution in [3.63, 3.8) is 0 Å². The van der Waals surface area contributed by atoms with E-state index in [1.54, 1.807) is 19.1 Å². The van der Waals surface area contributed by atoms with Crippen molar-refractivity contribution in [2.75, 3.05) is 5.32 Å². The van der Waals surface area contributed by atoms with Gasteiger partial charge in [0.25, 0.3) is 5.91 Å². The minimum atomic E-state index is -0.598. The van der Waals surface area contributed by atoms with Gasteiger partial charge in [0.15, 0.2) is 6.10 Å². The third-order valence-electron chi connectivity index (χ3n) is 3.54. The predicted molar refractivity (Wildman–Crippen MR) is 90.8 cm³/mol. The molecule has 116 valence electrons. The number of benzene rings is 2. The topological polar surface area (TPSA) is 38.3 Å². The first-order chi connectivity index (χ1) is 10.4. The normalized spacial score (nSPS) is 11.9. The summed E-state index contributed by atoms with van der Waals surface area (Å²) in [6, 6.07) is 11.2. The second-order valence-corrected chi connectivity index (χ2v) is 5.86. The van der Waals surface area contributed by atoms with Crippen LogP contribution in [0.2, 0.25) is 5.02 Å². The summed E-state index contributed by atoms with van der Waals surface area (Å²) >= 11 is 5.92. The highest BCUT2D eigenvalue weighted by atomic mass is 35.5. The highest BCUT2D eigenvalue weighted by molar-refractivity contribution is 6.30. The van der Waals surface area contributed by atoms with Crippen LogP contribution in [-0.4, -0.2) is 12.0 Å². The van der Waals surface area contributed by atoms with Crippen LogP contribution in [0.1, 0.15) is 23.6 Å². The summed E-state index contributed by atoms with van der Waals surface area (Å²) in [7, 11) is 0. The number of amides is 1. The Morgan fingerprint density at radius 1 is 1.09 bits per heavy atom. The first kappa shape index (κ1) is 16.4. The van der Waals surface area contributed by atoms with Gasteiger partial charge in [-0.3, -0.25) is 4.79 Å². The molecule has 0 aliphatic carbocycles. The molecule has 0 aliphatic heterocycles. The standard InChI is InChI=1S/C18H20ClNO2/c1-11-6-5-7-12(2)17(11)20-18(21)14(4)22-16-9-8-15(19)10-13(16)3/h5-10,14H,1-4H3,(H,20,21). The van der Waals surface area contributed by atoms with Crippen molar-refractivity contribution in [1.82, 2.24) is 0 Å². The second-order valence-electron chi connectivity index (χ2n) is 5.43. The lowest BCUT2D eigenvalue weighted by Crippen LogP contribution is -2.30. The number of anilines is 1. The molecule has 2 aromatic rings. The summed E-state index contributed by atoms with van der Waals surface area (Å²) < 4.78 is 5.74. The zero-order chi connectivity index (χ0) is 16.3. The fourth-order valence-corrected chi connectivity index (χ4v) is 2.45. The van der Waals surface area contributed by atoms with Gasteiger partial charge >= 0.3 is 0 Å². The Morgan fingerprint density at radius 3 is 2.32 bits per heavy atom.